The topological polar surface area (TPSA) is 29.1 Å². The van der Waals surface area contributed by atoms with Crippen molar-refractivity contribution in [2.75, 3.05) is 5.32 Å². The summed E-state index contributed by atoms with van der Waals surface area (Å²) in [6.07, 6.45) is 0. The van der Waals surface area contributed by atoms with Crippen LogP contribution in [0.5, 0.6) is 0 Å². The third-order valence-corrected chi connectivity index (χ3v) is 1.94. The van der Waals surface area contributed by atoms with Crippen molar-refractivity contribution in [3.63, 3.8) is 0 Å². The first-order chi connectivity index (χ1) is 6.50. The molecule has 0 aliphatic heterocycles. The average molecular weight is 216 g/mol. The Labute approximate surface area is 87.1 Å². The highest BCUT2D eigenvalue weighted by Gasteiger charge is 2.11. The zero-order chi connectivity index (χ0) is 10.7. The van der Waals surface area contributed by atoms with Crippen molar-refractivity contribution in [1.29, 1.82) is 0 Å². The normalized spacial score (nSPS) is 12.3. The lowest BCUT2D eigenvalue weighted by Crippen LogP contribution is -2.20. The Balaban J connectivity index is 2.82. The van der Waals surface area contributed by atoms with Crippen molar-refractivity contribution < 1.29 is 9.18 Å². The van der Waals surface area contributed by atoms with Crippen molar-refractivity contribution >= 4 is 23.2 Å². The van der Waals surface area contributed by atoms with Crippen LogP contribution >= 0.6 is 11.6 Å². The number of anilines is 1. The van der Waals surface area contributed by atoms with Gasteiger partial charge in [-0.15, -0.1) is 11.6 Å². The van der Waals surface area contributed by atoms with Gasteiger partial charge in [-0.25, -0.2) is 4.39 Å². The van der Waals surface area contributed by atoms with Crippen molar-refractivity contribution in [3.05, 3.63) is 29.6 Å². The molecular formula is C10H11ClFNO. The van der Waals surface area contributed by atoms with Crippen molar-refractivity contribution in [3.8, 4) is 0 Å². The average Bonchev–Trinajstić information content (AvgIpc) is 2.09. The molecule has 2 nitrogen and oxygen atoms in total. The molecule has 0 aliphatic rings. The third kappa shape index (κ3) is 2.70. The molecule has 0 spiro atoms. The van der Waals surface area contributed by atoms with Gasteiger partial charge in [0.1, 0.15) is 11.2 Å². The molecule has 1 atom stereocenters. The molecule has 0 saturated carbocycles. The van der Waals surface area contributed by atoms with E-state index in [0.29, 0.717) is 0 Å². The number of hydrogen-bond donors (Lipinski definition) is 1. The van der Waals surface area contributed by atoms with Crippen LogP contribution in [0.1, 0.15) is 12.5 Å². The van der Waals surface area contributed by atoms with Gasteiger partial charge in [0.25, 0.3) is 0 Å². The fourth-order valence-corrected chi connectivity index (χ4v) is 1.01. The quantitative estimate of drug-likeness (QED) is 0.756. The number of nitrogens with one attached hydrogen (secondary N) is 1. The minimum absolute atomic E-state index is 0.160. The molecule has 1 aromatic rings. The first kappa shape index (κ1) is 11.0. The molecule has 1 amide bonds. The fourth-order valence-electron chi connectivity index (χ4n) is 0.954. The molecule has 0 heterocycles. The lowest BCUT2D eigenvalue weighted by Gasteiger charge is -2.07. The second kappa shape index (κ2) is 4.42. The molecular weight excluding hydrogens is 205 g/mol. The van der Waals surface area contributed by atoms with Crippen LogP contribution in [0.4, 0.5) is 10.1 Å². The monoisotopic (exact) mass is 215 g/mol. The Morgan fingerprint density at radius 2 is 2.21 bits per heavy atom. The molecule has 0 saturated heterocycles. The molecule has 76 valence electrons. The van der Waals surface area contributed by atoms with Crippen LogP contribution in [0.25, 0.3) is 0 Å². The number of halogens is 2. The third-order valence-electron chi connectivity index (χ3n) is 1.74. The van der Waals surface area contributed by atoms with Gasteiger partial charge in [0.2, 0.25) is 5.91 Å². The minimum Gasteiger partial charge on any atom is -0.322 e. The van der Waals surface area contributed by atoms with Crippen molar-refractivity contribution in [2.24, 2.45) is 0 Å². The van der Waals surface area contributed by atoms with Crippen LogP contribution in [0, 0.1) is 12.7 Å². The highest BCUT2D eigenvalue weighted by molar-refractivity contribution is 6.32. The number of carbonyl (C=O) groups excluding carboxylic acids is 1. The summed E-state index contributed by atoms with van der Waals surface area (Å²) in [5, 5.41) is 1.72. The molecule has 0 fully saturated rings. The van der Waals surface area contributed by atoms with E-state index < -0.39 is 17.1 Å². The maximum absolute atomic E-state index is 13.2. The zero-order valence-electron chi connectivity index (χ0n) is 7.97. The van der Waals surface area contributed by atoms with Gasteiger partial charge < -0.3 is 5.32 Å². The standard InChI is InChI=1S/C10H11ClFNO/c1-6-3-4-9(8(12)5-6)13-10(14)7(2)11/h3-5,7H,1-2H3,(H,13,14)/t7-/m1/s1. The fraction of sp³-hybridized carbons (Fsp3) is 0.300. The number of alkyl halides is 1. The molecule has 14 heavy (non-hydrogen) atoms. The Morgan fingerprint density at radius 1 is 1.57 bits per heavy atom. The van der Waals surface area contributed by atoms with Gasteiger partial charge in [-0.2, -0.15) is 0 Å². The molecule has 0 unspecified atom stereocenters. The summed E-state index contributed by atoms with van der Waals surface area (Å²) >= 11 is 5.53. The van der Waals surface area contributed by atoms with Crippen LogP contribution < -0.4 is 5.32 Å². The zero-order valence-corrected chi connectivity index (χ0v) is 8.73. The number of carbonyl (C=O) groups is 1. The van der Waals surface area contributed by atoms with E-state index >= 15 is 0 Å². The van der Waals surface area contributed by atoms with Crippen LogP contribution in [-0.4, -0.2) is 11.3 Å². The maximum Gasteiger partial charge on any atom is 0.242 e. The van der Waals surface area contributed by atoms with Gasteiger partial charge in [0.05, 0.1) is 5.69 Å². The summed E-state index contributed by atoms with van der Waals surface area (Å²) in [4.78, 5) is 11.1. The highest BCUT2D eigenvalue weighted by Crippen LogP contribution is 2.15. The van der Waals surface area contributed by atoms with E-state index in [1.165, 1.54) is 19.1 Å². The van der Waals surface area contributed by atoms with E-state index in [2.05, 4.69) is 5.32 Å². The highest BCUT2D eigenvalue weighted by atomic mass is 35.5. The van der Waals surface area contributed by atoms with Crippen LogP contribution in [-0.2, 0) is 4.79 Å². The molecule has 1 N–H and O–H groups in total. The predicted molar refractivity (Wildman–Crippen MR) is 55.1 cm³/mol. The summed E-state index contributed by atoms with van der Waals surface area (Å²) in [6.45, 7) is 3.31. The molecule has 0 aliphatic carbocycles. The smallest absolute Gasteiger partial charge is 0.242 e. The van der Waals surface area contributed by atoms with Gasteiger partial charge in [-0.05, 0) is 31.5 Å². The first-order valence-electron chi connectivity index (χ1n) is 4.22. The van der Waals surface area contributed by atoms with Crippen LogP contribution in [0.15, 0.2) is 18.2 Å². The number of hydrogen-bond acceptors (Lipinski definition) is 1. The first-order valence-corrected chi connectivity index (χ1v) is 4.65. The van der Waals surface area contributed by atoms with Gasteiger partial charge in [-0.3, -0.25) is 4.79 Å². The second-order valence-corrected chi connectivity index (χ2v) is 3.74. The summed E-state index contributed by atoms with van der Waals surface area (Å²) < 4.78 is 13.2. The second-order valence-electron chi connectivity index (χ2n) is 3.09. The van der Waals surface area contributed by atoms with E-state index in [-0.39, 0.29) is 5.69 Å². The van der Waals surface area contributed by atoms with Crippen molar-refractivity contribution in [2.45, 2.75) is 19.2 Å². The minimum atomic E-state index is -0.671. The Hall–Kier alpha value is -1.09. The van der Waals surface area contributed by atoms with E-state index in [0.717, 1.165) is 5.56 Å². The molecule has 1 aromatic carbocycles. The summed E-state index contributed by atoms with van der Waals surface area (Å²) in [7, 11) is 0. The summed E-state index contributed by atoms with van der Waals surface area (Å²) in [6, 6.07) is 4.59. The number of amides is 1. The molecule has 4 heteroatoms. The number of benzene rings is 1. The Kier molecular flexibility index (Phi) is 3.47. The van der Waals surface area contributed by atoms with Crippen molar-refractivity contribution in [1.82, 2.24) is 0 Å². The van der Waals surface area contributed by atoms with E-state index in [9.17, 15) is 9.18 Å². The van der Waals surface area contributed by atoms with E-state index in [1.807, 2.05) is 0 Å². The Morgan fingerprint density at radius 3 is 2.71 bits per heavy atom. The van der Waals surface area contributed by atoms with E-state index in [4.69, 9.17) is 11.6 Å². The number of aryl methyl sites for hydroxylation is 1. The summed E-state index contributed by atoms with van der Waals surface area (Å²) in [5.74, 6) is -0.856. The van der Waals surface area contributed by atoms with Gasteiger partial charge in [0.15, 0.2) is 0 Å². The van der Waals surface area contributed by atoms with Crippen LogP contribution in [0.2, 0.25) is 0 Å². The SMILES string of the molecule is Cc1ccc(NC(=O)[C@@H](C)Cl)c(F)c1. The largest absolute Gasteiger partial charge is 0.322 e. The molecule has 1 rings (SSSR count). The van der Waals surface area contributed by atoms with E-state index in [1.54, 1.807) is 13.0 Å². The van der Waals surface area contributed by atoms with Gasteiger partial charge in [0, 0.05) is 0 Å². The summed E-state index contributed by atoms with van der Waals surface area (Å²) in [5.41, 5.74) is 0.965. The Bertz CT molecular complexity index is 352. The molecule has 0 bridgehead atoms. The number of rotatable bonds is 2. The van der Waals surface area contributed by atoms with Gasteiger partial charge in [-0.1, -0.05) is 6.07 Å². The predicted octanol–water partition coefficient (Wildman–Crippen LogP) is 2.70. The molecule has 0 radical (unpaired) electrons. The lowest BCUT2D eigenvalue weighted by molar-refractivity contribution is -0.115. The molecule has 0 aromatic heterocycles. The maximum atomic E-state index is 13.2. The van der Waals surface area contributed by atoms with Gasteiger partial charge >= 0.3 is 0 Å². The lowest BCUT2D eigenvalue weighted by atomic mass is 10.2. The van der Waals surface area contributed by atoms with Crippen LogP contribution in [0.3, 0.4) is 0 Å².